The largest absolute Gasteiger partial charge is 0.436 e. The highest BCUT2D eigenvalue weighted by Gasteiger charge is 2.10. The molecule has 0 saturated carbocycles. The first-order chi connectivity index (χ1) is 8.10. The quantitative estimate of drug-likeness (QED) is 0.925. The van der Waals surface area contributed by atoms with Crippen LogP contribution in [0.2, 0.25) is 5.02 Å². The van der Waals surface area contributed by atoms with Gasteiger partial charge in [-0.25, -0.2) is 4.98 Å². The first-order valence-corrected chi connectivity index (χ1v) is 6.40. The molecule has 0 aliphatic heterocycles. The maximum absolute atomic E-state index is 5.92. The van der Waals surface area contributed by atoms with Crippen LogP contribution in [-0.4, -0.2) is 4.98 Å². The third-order valence-corrected chi connectivity index (χ3v) is 3.65. The van der Waals surface area contributed by atoms with Gasteiger partial charge >= 0.3 is 0 Å². The van der Waals surface area contributed by atoms with E-state index in [1.165, 1.54) is 11.8 Å². The smallest absolute Gasteiger partial charge is 0.261 e. The molecule has 17 heavy (non-hydrogen) atoms. The van der Waals surface area contributed by atoms with Gasteiger partial charge in [0.15, 0.2) is 0 Å². The van der Waals surface area contributed by atoms with Crippen LogP contribution in [0.5, 0.6) is 0 Å². The summed E-state index contributed by atoms with van der Waals surface area (Å²) in [5, 5.41) is 1.33. The summed E-state index contributed by atoms with van der Waals surface area (Å²) in [6.45, 7) is 4.27. The second-order valence-electron chi connectivity index (χ2n) is 3.68. The van der Waals surface area contributed by atoms with Crippen molar-refractivity contribution in [1.29, 1.82) is 0 Å². The minimum atomic E-state index is 0.446. The fourth-order valence-corrected chi connectivity index (χ4v) is 2.53. The van der Waals surface area contributed by atoms with Crippen LogP contribution in [-0.2, 0) is 6.54 Å². The Labute approximate surface area is 109 Å². The van der Waals surface area contributed by atoms with Crippen molar-refractivity contribution in [3.8, 4) is 0 Å². The predicted molar refractivity (Wildman–Crippen MR) is 69.4 cm³/mol. The molecule has 0 aliphatic carbocycles. The summed E-state index contributed by atoms with van der Waals surface area (Å²) in [5.74, 6) is 0.843. The highest BCUT2D eigenvalue weighted by molar-refractivity contribution is 7.99. The SMILES string of the molecule is Cc1nc(Sc2ccc(Cl)cc2CN)oc1C. The van der Waals surface area contributed by atoms with E-state index >= 15 is 0 Å². The molecule has 0 radical (unpaired) electrons. The highest BCUT2D eigenvalue weighted by Crippen LogP contribution is 2.32. The number of benzene rings is 1. The maximum Gasteiger partial charge on any atom is 0.261 e. The first-order valence-electron chi connectivity index (χ1n) is 5.20. The molecule has 0 unspecified atom stereocenters. The monoisotopic (exact) mass is 268 g/mol. The van der Waals surface area contributed by atoms with E-state index < -0.39 is 0 Å². The number of nitrogens with two attached hydrogens (primary N) is 1. The highest BCUT2D eigenvalue weighted by atomic mass is 35.5. The van der Waals surface area contributed by atoms with Gasteiger partial charge in [-0.2, -0.15) is 0 Å². The summed E-state index contributed by atoms with van der Waals surface area (Å²) >= 11 is 7.39. The number of rotatable bonds is 3. The van der Waals surface area contributed by atoms with Crippen molar-refractivity contribution in [2.45, 2.75) is 30.5 Å². The normalized spacial score (nSPS) is 10.8. The van der Waals surface area contributed by atoms with Gasteiger partial charge in [-0.3, -0.25) is 0 Å². The van der Waals surface area contributed by atoms with Crippen molar-refractivity contribution in [1.82, 2.24) is 4.98 Å². The Morgan fingerprint density at radius 1 is 1.41 bits per heavy atom. The number of halogens is 1. The van der Waals surface area contributed by atoms with Crippen LogP contribution in [0.1, 0.15) is 17.0 Å². The van der Waals surface area contributed by atoms with Crippen LogP contribution in [0.3, 0.4) is 0 Å². The Bertz CT molecular complexity index is 520. The standard InChI is InChI=1S/C12H13ClN2OS/c1-7-8(2)16-12(15-7)17-11-4-3-10(13)5-9(11)6-14/h3-5H,6,14H2,1-2H3. The second-order valence-corrected chi connectivity index (χ2v) is 5.11. The topological polar surface area (TPSA) is 52.0 Å². The number of hydrogen-bond donors (Lipinski definition) is 1. The van der Waals surface area contributed by atoms with Crippen molar-refractivity contribution in [2.75, 3.05) is 0 Å². The summed E-state index contributed by atoms with van der Waals surface area (Å²) < 4.78 is 5.53. The lowest BCUT2D eigenvalue weighted by Gasteiger charge is -2.05. The van der Waals surface area contributed by atoms with Gasteiger partial charge in [0.1, 0.15) is 5.76 Å². The van der Waals surface area contributed by atoms with Crippen LogP contribution >= 0.6 is 23.4 Å². The molecule has 2 rings (SSSR count). The number of aromatic nitrogens is 1. The molecule has 0 bridgehead atoms. The zero-order valence-electron chi connectivity index (χ0n) is 9.66. The van der Waals surface area contributed by atoms with E-state index in [1.807, 2.05) is 32.0 Å². The van der Waals surface area contributed by atoms with Crippen molar-refractivity contribution in [3.63, 3.8) is 0 Å². The Hall–Kier alpha value is -0.970. The summed E-state index contributed by atoms with van der Waals surface area (Å²) in [5.41, 5.74) is 7.59. The van der Waals surface area contributed by atoms with Crippen molar-refractivity contribution >= 4 is 23.4 Å². The molecule has 3 nitrogen and oxygen atoms in total. The van der Waals surface area contributed by atoms with E-state index in [9.17, 15) is 0 Å². The van der Waals surface area contributed by atoms with E-state index in [2.05, 4.69) is 4.98 Å². The summed E-state index contributed by atoms with van der Waals surface area (Å²) in [4.78, 5) is 5.35. The average Bonchev–Trinajstić information content (AvgIpc) is 2.60. The van der Waals surface area contributed by atoms with Gasteiger partial charge in [0.25, 0.3) is 5.22 Å². The third-order valence-electron chi connectivity index (χ3n) is 2.45. The molecule has 1 heterocycles. The van der Waals surface area contributed by atoms with Crippen LogP contribution in [0, 0.1) is 13.8 Å². The van der Waals surface area contributed by atoms with Crippen LogP contribution in [0.4, 0.5) is 0 Å². The van der Waals surface area contributed by atoms with Crippen molar-refractivity contribution < 1.29 is 4.42 Å². The number of oxazole rings is 1. The number of hydrogen-bond acceptors (Lipinski definition) is 4. The Balaban J connectivity index is 2.29. The lowest BCUT2D eigenvalue weighted by molar-refractivity contribution is 0.431. The lowest BCUT2D eigenvalue weighted by Crippen LogP contribution is -1.98. The summed E-state index contributed by atoms with van der Waals surface area (Å²) in [7, 11) is 0. The average molecular weight is 269 g/mol. The number of nitrogens with zero attached hydrogens (tertiary/aromatic N) is 1. The van der Waals surface area contributed by atoms with Crippen molar-refractivity contribution in [3.05, 3.63) is 40.2 Å². The Morgan fingerprint density at radius 2 is 2.18 bits per heavy atom. The van der Waals surface area contributed by atoms with E-state index in [-0.39, 0.29) is 0 Å². The molecule has 90 valence electrons. The predicted octanol–water partition coefficient (Wildman–Crippen LogP) is 3.55. The molecule has 0 atom stereocenters. The summed E-state index contributed by atoms with van der Waals surface area (Å²) in [6, 6.07) is 5.64. The van der Waals surface area contributed by atoms with Crippen LogP contribution in [0.25, 0.3) is 0 Å². The molecular weight excluding hydrogens is 256 g/mol. The van der Waals surface area contributed by atoms with Gasteiger partial charge in [-0.15, -0.1) is 0 Å². The molecule has 2 N–H and O–H groups in total. The molecule has 5 heteroatoms. The third kappa shape index (κ3) is 2.83. The van der Waals surface area contributed by atoms with Gasteiger partial charge in [0.2, 0.25) is 0 Å². The molecule has 0 fully saturated rings. The molecule has 0 aliphatic rings. The second kappa shape index (κ2) is 5.12. The van der Waals surface area contributed by atoms with Gasteiger partial charge in [0, 0.05) is 16.5 Å². The first kappa shape index (κ1) is 12.5. The van der Waals surface area contributed by atoms with Crippen LogP contribution in [0.15, 0.2) is 32.7 Å². The van der Waals surface area contributed by atoms with Gasteiger partial charge in [-0.05, 0) is 49.4 Å². The lowest BCUT2D eigenvalue weighted by atomic mass is 10.2. The van der Waals surface area contributed by atoms with Gasteiger partial charge in [0.05, 0.1) is 5.69 Å². The molecule has 0 amide bonds. The van der Waals surface area contributed by atoms with Crippen molar-refractivity contribution in [2.24, 2.45) is 5.73 Å². The zero-order chi connectivity index (χ0) is 12.4. The summed E-state index contributed by atoms with van der Waals surface area (Å²) in [6.07, 6.45) is 0. The molecule has 0 saturated heterocycles. The number of aryl methyl sites for hydroxylation is 2. The minimum Gasteiger partial charge on any atom is -0.436 e. The maximum atomic E-state index is 5.92. The van der Waals surface area contributed by atoms with Crippen LogP contribution < -0.4 is 5.73 Å². The van der Waals surface area contributed by atoms with Gasteiger partial charge < -0.3 is 10.2 Å². The zero-order valence-corrected chi connectivity index (χ0v) is 11.2. The molecule has 1 aromatic heterocycles. The van der Waals surface area contributed by atoms with E-state index in [0.717, 1.165) is 21.9 Å². The van der Waals surface area contributed by atoms with E-state index in [1.54, 1.807) is 0 Å². The molecule has 0 spiro atoms. The Kier molecular flexibility index (Phi) is 3.76. The molecule has 1 aromatic carbocycles. The van der Waals surface area contributed by atoms with E-state index in [0.29, 0.717) is 16.8 Å². The Morgan fingerprint density at radius 3 is 2.76 bits per heavy atom. The molecular formula is C12H13ClN2OS. The minimum absolute atomic E-state index is 0.446. The van der Waals surface area contributed by atoms with E-state index in [4.69, 9.17) is 21.8 Å². The molecule has 2 aromatic rings. The fraction of sp³-hybridized carbons (Fsp3) is 0.250. The van der Waals surface area contributed by atoms with Gasteiger partial charge in [-0.1, -0.05) is 11.6 Å². The fourth-order valence-electron chi connectivity index (χ4n) is 1.39.